The molecule has 1 N–H and O–H groups in total. The number of nitrogens with zero attached hydrogens (tertiary/aromatic N) is 2. The van der Waals surface area contributed by atoms with Crippen LogP contribution in [-0.2, 0) is 0 Å². The molecule has 0 radical (unpaired) electrons. The third-order valence-electron chi connectivity index (χ3n) is 3.09. The number of hydrogen-bond acceptors (Lipinski definition) is 2. The lowest BCUT2D eigenvalue weighted by Crippen LogP contribution is -2.17. The highest BCUT2D eigenvalue weighted by atomic mass is 127. The summed E-state index contributed by atoms with van der Waals surface area (Å²) in [5, 5.41) is 4.02. The molecule has 2 aromatic rings. The Kier molecular flexibility index (Phi) is 5.17. The number of benzene rings is 1. The van der Waals surface area contributed by atoms with Crippen LogP contribution in [0.4, 0.5) is 0 Å². The van der Waals surface area contributed by atoms with Crippen molar-refractivity contribution in [3.05, 3.63) is 56.9 Å². The molecule has 0 aliphatic rings. The number of aryl methyl sites for hydroxylation is 1. The second-order valence-corrected chi connectivity index (χ2v) is 6.37. The van der Waals surface area contributed by atoms with Gasteiger partial charge in [-0.15, -0.1) is 0 Å². The Morgan fingerprint density at radius 2 is 2.14 bits per heavy atom. The first-order chi connectivity index (χ1) is 9.97. The fourth-order valence-corrected chi connectivity index (χ4v) is 2.65. The second kappa shape index (κ2) is 6.89. The standard InChI is InChI=1S/C16H18IN3O/c1-11(2)20-10-13(7-12(20)3)9-18-19-16(21)14-5-4-6-15(17)8-14/h4-11H,1-3H3,(H,19,21)/b18-9-. The van der Waals surface area contributed by atoms with E-state index < -0.39 is 0 Å². The van der Waals surface area contributed by atoms with E-state index in [1.807, 2.05) is 30.5 Å². The van der Waals surface area contributed by atoms with E-state index in [0.717, 1.165) is 9.13 Å². The van der Waals surface area contributed by atoms with Gasteiger partial charge in [0.2, 0.25) is 0 Å². The maximum Gasteiger partial charge on any atom is 0.271 e. The third kappa shape index (κ3) is 4.17. The molecule has 0 atom stereocenters. The molecule has 0 aliphatic carbocycles. The summed E-state index contributed by atoms with van der Waals surface area (Å²) in [5.74, 6) is -0.204. The number of hydrazone groups is 1. The average Bonchev–Trinajstić information content (AvgIpc) is 2.80. The van der Waals surface area contributed by atoms with Crippen LogP contribution in [0.2, 0.25) is 0 Å². The molecule has 0 spiro atoms. The lowest BCUT2D eigenvalue weighted by molar-refractivity contribution is 0.0955. The third-order valence-corrected chi connectivity index (χ3v) is 3.76. The predicted octanol–water partition coefficient (Wildman–Crippen LogP) is 3.75. The molecule has 0 saturated carbocycles. The molecular weight excluding hydrogens is 377 g/mol. The lowest BCUT2D eigenvalue weighted by Gasteiger charge is -2.08. The smallest absolute Gasteiger partial charge is 0.271 e. The van der Waals surface area contributed by atoms with Gasteiger partial charge in [-0.25, -0.2) is 5.43 Å². The van der Waals surface area contributed by atoms with E-state index >= 15 is 0 Å². The number of carbonyl (C=O) groups excluding carboxylic acids is 1. The minimum absolute atomic E-state index is 0.204. The molecule has 5 heteroatoms. The first-order valence-electron chi connectivity index (χ1n) is 6.75. The number of amides is 1. The molecule has 21 heavy (non-hydrogen) atoms. The van der Waals surface area contributed by atoms with Gasteiger partial charge >= 0.3 is 0 Å². The van der Waals surface area contributed by atoms with E-state index in [1.54, 1.807) is 12.3 Å². The van der Waals surface area contributed by atoms with Crippen molar-refractivity contribution in [3.8, 4) is 0 Å². The van der Waals surface area contributed by atoms with Gasteiger partial charge in [-0.1, -0.05) is 6.07 Å². The quantitative estimate of drug-likeness (QED) is 0.479. The van der Waals surface area contributed by atoms with Crippen LogP contribution in [0.5, 0.6) is 0 Å². The van der Waals surface area contributed by atoms with Crippen molar-refractivity contribution >= 4 is 34.7 Å². The summed E-state index contributed by atoms with van der Waals surface area (Å²) in [6.07, 6.45) is 3.69. The molecule has 1 amide bonds. The van der Waals surface area contributed by atoms with Crippen LogP contribution in [0, 0.1) is 10.5 Å². The fraction of sp³-hybridized carbons (Fsp3) is 0.250. The molecule has 0 unspecified atom stereocenters. The molecule has 1 heterocycles. The number of hydrogen-bond donors (Lipinski definition) is 1. The van der Waals surface area contributed by atoms with Crippen LogP contribution in [0.1, 0.15) is 41.5 Å². The van der Waals surface area contributed by atoms with E-state index in [-0.39, 0.29) is 5.91 Å². The number of nitrogens with one attached hydrogen (secondary N) is 1. The van der Waals surface area contributed by atoms with Gasteiger partial charge in [-0.2, -0.15) is 5.10 Å². The molecule has 0 saturated heterocycles. The lowest BCUT2D eigenvalue weighted by atomic mass is 10.2. The van der Waals surface area contributed by atoms with Crippen LogP contribution in [0.25, 0.3) is 0 Å². The summed E-state index contributed by atoms with van der Waals surface area (Å²) in [4.78, 5) is 11.9. The zero-order valence-electron chi connectivity index (χ0n) is 12.3. The summed E-state index contributed by atoms with van der Waals surface area (Å²) >= 11 is 2.18. The molecule has 0 aliphatic heterocycles. The normalized spacial score (nSPS) is 11.3. The van der Waals surface area contributed by atoms with E-state index in [2.05, 4.69) is 58.5 Å². The highest BCUT2D eigenvalue weighted by Gasteiger charge is 2.05. The highest BCUT2D eigenvalue weighted by molar-refractivity contribution is 14.1. The van der Waals surface area contributed by atoms with Crippen molar-refractivity contribution in [1.29, 1.82) is 0 Å². The van der Waals surface area contributed by atoms with Crippen LogP contribution in [0.3, 0.4) is 0 Å². The fourth-order valence-electron chi connectivity index (χ4n) is 2.10. The summed E-state index contributed by atoms with van der Waals surface area (Å²) in [7, 11) is 0. The van der Waals surface area contributed by atoms with Crippen molar-refractivity contribution in [1.82, 2.24) is 9.99 Å². The van der Waals surface area contributed by atoms with E-state index in [4.69, 9.17) is 0 Å². The SMILES string of the molecule is Cc1cc(/C=N\NC(=O)c2cccc(I)c2)cn1C(C)C. The molecule has 0 bridgehead atoms. The van der Waals surface area contributed by atoms with Gasteiger partial charge in [0, 0.05) is 32.6 Å². The Bertz CT molecular complexity index is 674. The zero-order chi connectivity index (χ0) is 15.4. The van der Waals surface area contributed by atoms with Crippen LogP contribution < -0.4 is 5.43 Å². The van der Waals surface area contributed by atoms with Gasteiger partial charge in [0.25, 0.3) is 5.91 Å². The molecule has 110 valence electrons. The second-order valence-electron chi connectivity index (χ2n) is 5.13. The van der Waals surface area contributed by atoms with Gasteiger partial charge in [-0.3, -0.25) is 4.79 Å². The van der Waals surface area contributed by atoms with Crippen molar-refractivity contribution in [2.75, 3.05) is 0 Å². The first-order valence-corrected chi connectivity index (χ1v) is 7.82. The van der Waals surface area contributed by atoms with E-state index in [9.17, 15) is 4.79 Å². The molecule has 2 rings (SSSR count). The summed E-state index contributed by atoms with van der Waals surface area (Å²) in [5.41, 5.74) is 5.31. The molecule has 4 nitrogen and oxygen atoms in total. The number of halogens is 1. The highest BCUT2D eigenvalue weighted by Crippen LogP contribution is 2.12. The average molecular weight is 395 g/mol. The van der Waals surface area contributed by atoms with E-state index in [1.165, 1.54) is 5.69 Å². The van der Waals surface area contributed by atoms with Crippen molar-refractivity contribution in [2.24, 2.45) is 5.10 Å². The van der Waals surface area contributed by atoms with Crippen molar-refractivity contribution in [3.63, 3.8) is 0 Å². The Labute approximate surface area is 138 Å². The van der Waals surface area contributed by atoms with Crippen molar-refractivity contribution < 1.29 is 4.79 Å². The molecule has 1 aromatic heterocycles. The summed E-state index contributed by atoms with van der Waals surface area (Å²) in [6, 6.07) is 9.84. The van der Waals surface area contributed by atoms with Crippen LogP contribution in [-0.4, -0.2) is 16.7 Å². The van der Waals surface area contributed by atoms with Gasteiger partial charge in [0.15, 0.2) is 0 Å². The first kappa shape index (κ1) is 15.8. The van der Waals surface area contributed by atoms with E-state index in [0.29, 0.717) is 11.6 Å². The maximum atomic E-state index is 11.9. The molecular formula is C16H18IN3O. The molecule has 1 aromatic carbocycles. The van der Waals surface area contributed by atoms with Crippen molar-refractivity contribution in [2.45, 2.75) is 26.8 Å². The van der Waals surface area contributed by atoms with Gasteiger partial charge in [0.1, 0.15) is 0 Å². The van der Waals surface area contributed by atoms with Gasteiger partial charge < -0.3 is 4.57 Å². The maximum absolute atomic E-state index is 11.9. The Morgan fingerprint density at radius 3 is 2.76 bits per heavy atom. The Morgan fingerprint density at radius 1 is 1.38 bits per heavy atom. The van der Waals surface area contributed by atoms with Gasteiger partial charge in [-0.05, 0) is 67.6 Å². The largest absolute Gasteiger partial charge is 0.349 e. The van der Waals surface area contributed by atoms with Gasteiger partial charge in [0.05, 0.1) is 6.21 Å². The van der Waals surface area contributed by atoms with Crippen LogP contribution in [0.15, 0.2) is 41.6 Å². The molecule has 0 fully saturated rings. The predicted molar refractivity (Wildman–Crippen MR) is 93.8 cm³/mol. The number of aromatic nitrogens is 1. The number of rotatable bonds is 4. The Balaban J connectivity index is 2.02. The topological polar surface area (TPSA) is 46.4 Å². The summed E-state index contributed by atoms with van der Waals surface area (Å²) < 4.78 is 3.19. The zero-order valence-corrected chi connectivity index (χ0v) is 14.5. The van der Waals surface area contributed by atoms with Crippen LogP contribution >= 0.6 is 22.6 Å². The Hall–Kier alpha value is -1.63. The summed E-state index contributed by atoms with van der Waals surface area (Å²) in [6.45, 7) is 6.32. The monoisotopic (exact) mass is 395 g/mol. The minimum Gasteiger partial charge on any atom is -0.349 e. The minimum atomic E-state index is -0.204. The number of carbonyl (C=O) groups is 1.